The number of ether oxygens (including phenoxy) is 1. The molecule has 2 heterocycles. The summed E-state index contributed by atoms with van der Waals surface area (Å²) in [5.74, 6) is -1.02. The van der Waals surface area contributed by atoms with E-state index in [9.17, 15) is 15.3 Å². The van der Waals surface area contributed by atoms with E-state index in [1.165, 1.54) is 12.1 Å². The van der Waals surface area contributed by atoms with E-state index >= 15 is 0 Å². The number of nitrogens with zero attached hydrogens (tertiary/aromatic N) is 4. The Balaban J connectivity index is 2.17. The fourth-order valence-corrected chi connectivity index (χ4v) is 3.05. The van der Waals surface area contributed by atoms with Crippen LogP contribution in [0.3, 0.4) is 0 Å². The number of rotatable bonds is 1. The van der Waals surface area contributed by atoms with E-state index in [4.69, 9.17) is 4.74 Å². The van der Waals surface area contributed by atoms with Crippen molar-refractivity contribution in [2.45, 2.75) is 18.0 Å². The Morgan fingerprint density at radius 2 is 2.14 bits per heavy atom. The highest BCUT2D eigenvalue weighted by molar-refractivity contribution is 5.85. The molecule has 3 rings (SSSR count). The molecule has 6 heteroatoms. The average molecular weight is 280 g/mol. The first-order valence-corrected chi connectivity index (χ1v) is 6.49. The highest BCUT2D eigenvalue weighted by Crippen LogP contribution is 2.49. The SMILES string of the molecule is COC(=O)[C@H]1CC(C#N)(C#N)N2N=Cc3ccccc3C12. The fourth-order valence-electron chi connectivity index (χ4n) is 3.05. The van der Waals surface area contributed by atoms with Crippen molar-refractivity contribution in [2.24, 2.45) is 11.0 Å². The lowest BCUT2D eigenvalue weighted by Gasteiger charge is -2.33. The van der Waals surface area contributed by atoms with E-state index < -0.39 is 23.5 Å². The molecule has 0 aliphatic carbocycles. The van der Waals surface area contributed by atoms with Crippen LogP contribution in [0.4, 0.5) is 0 Å². The molecule has 1 aromatic carbocycles. The quantitative estimate of drug-likeness (QED) is 0.724. The molecule has 1 unspecified atom stereocenters. The normalized spacial score (nSPS) is 24.4. The van der Waals surface area contributed by atoms with Crippen LogP contribution in [0.1, 0.15) is 23.6 Å². The molecule has 0 spiro atoms. The standard InChI is InChI=1S/C15H12N4O2/c1-21-14(20)12-6-15(8-16,9-17)19-13(12)11-5-3-2-4-10(11)7-18-19/h2-5,7,12-13H,6H2,1H3/t12-,13?/m0/s1. The van der Waals surface area contributed by atoms with Gasteiger partial charge in [0.25, 0.3) is 0 Å². The zero-order chi connectivity index (χ0) is 15.0. The van der Waals surface area contributed by atoms with Crippen LogP contribution in [0.2, 0.25) is 0 Å². The Kier molecular flexibility index (Phi) is 2.88. The molecule has 2 aliphatic heterocycles. The fraction of sp³-hybridized carbons (Fsp3) is 0.333. The number of hydrogen-bond acceptors (Lipinski definition) is 6. The molecule has 1 saturated heterocycles. The van der Waals surface area contributed by atoms with E-state index in [1.807, 2.05) is 36.4 Å². The van der Waals surface area contributed by atoms with E-state index in [0.29, 0.717) is 0 Å². The monoisotopic (exact) mass is 280 g/mol. The van der Waals surface area contributed by atoms with Gasteiger partial charge >= 0.3 is 5.97 Å². The van der Waals surface area contributed by atoms with Gasteiger partial charge in [0, 0.05) is 6.42 Å². The van der Waals surface area contributed by atoms with Crippen molar-refractivity contribution in [2.75, 3.05) is 7.11 Å². The molecule has 2 aliphatic rings. The second kappa shape index (κ2) is 4.60. The van der Waals surface area contributed by atoms with Gasteiger partial charge in [0.15, 0.2) is 0 Å². The lowest BCUT2D eigenvalue weighted by molar-refractivity contribution is -0.146. The second-order valence-electron chi connectivity index (χ2n) is 5.08. The number of hydrazone groups is 1. The van der Waals surface area contributed by atoms with Gasteiger partial charge in [-0.15, -0.1) is 0 Å². The van der Waals surface area contributed by atoms with Gasteiger partial charge in [-0.1, -0.05) is 24.3 Å². The van der Waals surface area contributed by atoms with Gasteiger partial charge in [0.05, 0.1) is 25.3 Å². The first-order chi connectivity index (χ1) is 10.2. The maximum absolute atomic E-state index is 12.1. The first-order valence-electron chi connectivity index (χ1n) is 6.49. The number of nitriles is 2. The summed E-state index contributed by atoms with van der Waals surface area (Å²) in [7, 11) is 1.31. The summed E-state index contributed by atoms with van der Waals surface area (Å²) in [4.78, 5) is 12.1. The summed E-state index contributed by atoms with van der Waals surface area (Å²) in [6.07, 6.45) is 1.71. The third kappa shape index (κ3) is 1.70. The maximum Gasteiger partial charge on any atom is 0.311 e. The van der Waals surface area contributed by atoms with Crippen LogP contribution in [-0.2, 0) is 9.53 Å². The van der Waals surface area contributed by atoms with Crippen molar-refractivity contribution in [3.05, 3.63) is 35.4 Å². The summed E-state index contributed by atoms with van der Waals surface area (Å²) in [6.45, 7) is 0. The van der Waals surface area contributed by atoms with Crippen LogP contribution in [0.5, 0.6) is 0 Å². The highest BCUT2D eigenvalue weighted by Gasteiger charge is 2.57. The van der Waals surface area contributed by atoms with Gasteiger partial charge in [-0.2, -0.15) is 15.6 Å². The Labute approximate surface area is 121 Å². The Hall–Kier alpha value is -2.86. The Morgan fingerprint density at radius 1 is 1.43 bits per heavy atom. The highest BCUT2D eigenvalue weighted by atomic mass is 16.5. The van der Waals surface area contributed by atoms with Gasteiger partial charge < -0.3 is 4.74 Å². The van der Waals surface area contributed by atoms with Crippen LogP contribution >= 0.6 is 0 Å². The summed E-state index contributed by atoms with van der Waals surface area (Å²) in [5.41, 5.74) is 0.336. The molecule has 1 fully saturated rings. The van der Waals surface area contributed by atoms with Crippen molar-refractivity contribution < 1.29 is 9.53 Å². The largest absolute Gasteiger partial charge is 0.469 e. The number of fused-ring (bicyclic) bond motifs is 3. The summed E-state index contributed by atoms with van der Waals surface area (Å²) < 4.78 is 4.84. The Bertz CT molecular complexity index is 699. The van der Waals surface area contributed by atoms with Crippen LogP contribution in [0.15, 0.2) is 29.4 Å². The van der Waals surface area contributed by atoms with Crippen LogP contribution < -0.4 is 0 Å². The molecule has 6 nitrogen and oxygen atoms in total. The van der Waals surface area contributed by atoms with E-state index in [1.54, 1.807) is 6.21 Å². The molecule has 0 N–H and O–H groups in total. The number of carbonyl (C=O) groups excluding carboxylic acids is 1. The minimum Gasteiger partial charge on any atom is -0.469 e. The molecule has 0 saturated carbocycles. The van der Waals surface area contributed by atoms with Crippen molar-refractivity contribution in [1.82, 2.24) is 5.01 Å². The molecule has 0 aromatic heterocycles. The zero-order valence-corrected chi connectivity index (χ0v) is 11.4. The molecule has 0 radical (unpaired) electrons. The molecular formula is C15H12N4O2. The lowest BCUT2D eigenvalue weighted by atomic mass is 9.88. The number of benzene rings is 1. The number of methoxy groups -OCH3 is 1. The minimum absolute atomic E-state index is 0.0863. The molecule has 104 valence electrons. The first kappa shape index (κ1) is 13.1. The maximum atomic E-state index is 12.1. The van der Waals surface area contributed by atoms with Gasteiger partial charge in [0.2, 0.25) is 5.54 Å². The third-order valence-electron chi connectivity index (χ3n) is 4.06. The predicted octanol–water partition coefficient (Wildman–Crippen LogP) is 1.36. The van der Waals surface area contributed by atoms with Crippen LogP contribution in [0.25, 0.3) is 0 Å². The molecule has 21 heavy (non-hydrogen) atoms. The number of hydrogen-bond donors (Lipinski definition) is 0. The summed E-state index contributed by atoms with van der Waals surface area (Å²) in [6, 6.07) is 11.1. The summed E-state index contributed by atoms with van der Waals surface area (Å²) in [5, 5.41) is 24.6. The van der Waals surface area contributed by atoms with Gasteiger partial charge in [0.1, 0.15) is 12.1 Å². The smallest absolute Gasteiger partial charge is 0.311 e. The predicted molar refractivity (Wildman–Crippen MR) is 72.7 cm³/mol. The third-order valence-corrected chi connectivity index (χ3v) is 4.06. The zero-order valence-electron chi connectivity index (χ0n) is 11.4. The van der Waals surface area contributed by atoms with Gasteiger partial charge in [-0.05, 0) is 11.1 Å². The summed E-state index contributed by atoms with van der Waals surface area (Å²) >= 11 is 0. The molecule has 2 atom stereocenters. The van der Waals surface area contributed by atoms with E-state index in [0.717, 1.165) is 11.1 Å². The average Bonchev–Trinajstić information content (AvgIpc) is 2.89. The van der Waals surface area contributed by atoms with Crippen molar-refractivity contribution in [1.29, 1.82) is 10.5 Å². The van der Waals surface area contributed by atoms with E-state index in [-0.39, 0.29) is 6.42 Å². The molecule has 0 bridgehead atoms. The molecular weight excluding hydrogens is 268 g/mol. The van der Waals surface area contributed by atoms with E-state index in [2.05, 4.69) is 5.10 Å². The van der Waals surface area contributed by atoms with Crippen molar-refractivity contribution >= 4 is 12.2 Å². The van der Waals surface area contributed by atoms with Gasteiger partial charge in [-0.3, -0.25) is 9.80 Å². The second-order valence-corrected chi connectivity index (χ2v) is 5.08. The topological polar surface area (TPSA) is 89.5 Å². The van der Waals surface area contributed by atoms with Gasteiger partial charge in [-0.25, -0.2) is 0 Å². The number of esters is 1. The Morgan fingerprint density at radius 3 is 2.81 bits per heavy atom. The molecule has 1 aromatic rings. The minimum atomic E-state index is -1.44. The lowest BCUT2D eigenvalue weighted by Crippen LogP contribution is -2.40. The van der Waals surface area contributed by atoms with Crippen LogP contribution in [-0.4, -0.2) is 29.8 Å². The van der Waals surface area contributed by atoms with Crippen molar-refractivity contribution in [3.63, 3.8) is 0 Å². The van der Waals surface area contributed by atoms with Crippen LogP contribution in [0, 0.1) is 28.6 Å². The number of carbonyl (C=O) groups is 1. The molecule has 0 amide bonds. The van der Waals surface area contributed by atoms with Crippen molar-refractivity contribution in [3.8, 4) is 12.1 Å².